The Morgan fingerprint density at radius 3 is 1.47 bits per heavy atom. The average Bonchev–Trinajstić information content (AvgIpc) is 3.12. The molecule has 0 saturated carbocycles. The second-order valence-electron chi connectivity index (χ2n) is 12.9. The van der Waals surface area contributed by atoms with E-state index in [-0.39, 0.29) is 0 Å². The first-order chi connectivity index (χ1) is 23.8. The molecule has 0 bridgehead atoms. The van der Waals surface area contributed by atoms with Gasteiger partial charge >= 0.3 is 11.9 Å². The van der Waals surface area contributed by atoms with Crippen LogP contribution in [0.3, 0.4) is 0 Å². The molecule has 3 aromatic heterocycles. The highest BCUT2D eigenvalue weighted by Crippen LogP contribution is 2.33. The first-order valence-corrected chi connectivity index (χ1v) is 17.0. The summed E-state index contributed by atoms with van der Waals surface area (Å²) in [5, 5.41) is 0. The minimum absolute atomic E-state index is 0.314. The van der Waals surface area contributed by atoms with Crippen molar-refractivity contribution in [2.24, 2.45) is 11.8 Å². The largest absolute Gasteiger partial charge is 0.462 e. The number of aryl methyl sites for hydroxylation is 1. The van der Waals surface area contributed by atoms with E-state index in [9.17, 15) is 9.59 Å². The molecule has 0 fully saturated rings. The molecule has 49 heavy (non-hydrogen) atoms. The number of carbonyl (C=O) groups excluding carboxylic acids is 2. The predicted molar refractivity (Wildman–Crippen MR) is 192 cm³/mol. The van der Waals surface area contributed by atoms with Gasteiger partial charge in [0.15, 0.2) is 0 Å². The van der Waals surface area contributed by atoms with Crippen LogP contribution < -0.4 is 0 Å². The molecule has 0 saturated heterocycles. The number of carbonyl (C=O) groups is 2. The fourth-order valence-corrected chi connectivity index (χ4v) is 5.96. The Morgan fingerprint density at radius 1 is 0.571 bits per heavy atom. The van der Waals surface area contributed by atoms with Gasteiger partial charge in [-0.2, -0.15) is 0 Å². The molecule has 0 radical (unpaired) electrons. The molecule has 10 heteroatoms. The third-order valence-electron chi connectivity index (χ3n) is 9.44. The number of rotatable bonds is 10. The topological polar surface area (TPSA) is 130 Å². The molecule has 0 amide bonds. The summed E-state index contributed by atoms with van der Waals surface area (Å²) in [6.07, 6.45) is 3.71. The standard InChI is InChI=1S/C39H38N6O4/c1-6-21(4)15-16-48-38(46)24-10-13-27-30(18-24)44-36-33(41-27)32-35(43-29-17-22(5)9-12-26(29)40-32)34-37(36)45-31-19-25(11-14-28(31)42-34)39(47)49-20-23(7-2)8-3/h9-14,17-19,21,23H,6-8,15-16,20H2,1-5H3. The minimum Gasteiger partial charge on any atom is -0.462 e. The summed E-state index contributed by atoms with van der Waals surface area (Å²) < 4.78 is 11.2. The summed E-state index contributed by atoms with van der Waals surface area (Å²) in [5.74, 6) is -0.0183. The van der Waals surface area contributed by atoms with E-state index in [1.807, 2.05) is 25.1 Å². The van der Waals surface area contributed by atoms with Crippen LogP contribution in [0.1, 0.15) is 79.7 Å². The molecular weight excluding hydrogens is 616 g/mol. The summed E-state index contributed by atoms with van der Waals surface area (Å²) in [7, 11) is 0. The van der Waals surface area contributed by atoms with Crippen molar-refractivity contribution in [3.63, 3.8) is 0 Å². The molecule has 10 nitrogen and oxygen atoms in total. The summed E-state index contributed by atoms with van der Waals surface area (Å²) in [6, 6.07) is 16.3. The molecule has 1 atom stereocenters. The molecule has 0 spiro atoms. The van der Waals surface area contributed by atoms with Crippen molar-refractivity contribution < 1.29 is 19.1 Å². The Balaban J connectivity index is 1.41. The van der Waals surface area contributed by atoms with Crippen molar-refractivity contribution in [1.29, 1.82) is 0 Å². The normalized spacial score (nSPS) is 12.5. The molecule has 0 aliphatic rings. The molecule has 1 unspecified atom stereocenters. The van der Waals surface area contributed by atoms with Gasteiger partial charge in [-0.1, -0.05) is 53.0 Å². The summed E-state index contributed by atoms with van der Waals surface area (Å²) in [6.45, 7) is 11.2. The van der Waals surface area contributed by atoms with Crippen LogP contribution in [-0.2, 0) is 9.47 Å². The lowest BCUT2D eigenvalue weighted by Gasteiger charge is -2.13. The van der Waals surface area contributed by atoms with Gasteiger partial charge in [-0.05, 0) is 79.3 Å². The Hall–Kier alpha value is -5.38. The number of benzene rings is 4. The fourth-order valence-electron chi connectivity index (χ4n) is 5.96. The van der Waals surface area contributed by atoms with Gasteiger partial charge in [0.25, 0.3) is 0 Å². The van der Waals surface area contributed by atoms with Crippen LogP contribution in [-0.4, -0.2) is 55.1 Å². The smallest absolute Gasteiger partial charge is 0.338 e. The van der Waals surface area contributed by atoms with Gasteiger partial charge in [-0.25, -0.2) is 39.5 Å². The minimum atomic E-state index is -0.405. The summed E-state index contributed by atoms with van der Waals surface area (Å²) >= 11 is 0. The van der Waals surface area contributed by atoms with Crippen LogP contribution in [0.4, 0.5) is 0 Å². The van der Waals surface area contributed by atoms with E-state index in [4.69, 9.17) is 39.4 Å². The van der Waals surface area contributed by atoms with E-state index in [2.05, 4.69) is 27.7 Å². The fraction of sp³-hybridized carbons (Fsp3) is 0.333. The molecular formula is C39H38N6O4. The lowest BCUT2D eigenvalue weighted by atomic mass is 10.1. The molecule has 0 N–H and O–H groups in total. The highest BCUT2D eigenvalue weighted by molar-refractivity contribution is 6.21. The Kier molecular flexibility index (Phi) is 8.71. The van der Waals surface area contributed by atoms with Crippen molar-refractivity contribution >= 4 is 78.1 Å². The molecule has 248 valence electrons. The second-order valence-corrected chi connectivity index (χ2v) is 12.9. The third kappa shape index (κ3) is 6.19. The van der Waals surface area contributed by atoms with E-state index in [1.165, 1.54) is 0 Å². The van der Waals surface area contributed by atoms with Crippen molar-refractivity contribution in [1.82, 2.24) is 29.9 Å². The van der Waals surface area contributed by atoms with Gasteiger partial charge in [0.05, 0.1) is 57.4 Å². The Labute approximate surface area is 283 Å². The molecule has 0 aliphatic heterocycles. The van der Waals surface area contributed by atoms with Crippen molar-refractivity contribution in [3.8, 4) is 0 Å². The Morgan fingerprint density at radius 2 is 1.00 bits per heavy atom. The first-order valence-electron chi connectivity index (χ1n) is 17.0. The van der Waals surface area contributed by atoms with Crippen LogP contribution in [0.2, 0.25) is 0 Å². The van der Waals surface area contributed by atoms with Crippen LogP contribution >= 0.6 is 0 Å². The quantitative estimate of drug-likeness (QED) is 0.0804. The molecule has 7 aromatic rings. The van der Waals surface area contributed by atoms with Crippen LogP contribution in [0.15, 0.2) is 54.6 Å². The molecule has 0 aliphatic carbocycles. The van der Waals surface area contributed by atoms with E-state index in [1.54, 1.807) is 36.4 Å². The first kappa shape index (κ1) is 32.2. The number of esters is 2. The van der Waals surface area contributed by atoms with E-state index >= 15 is 0 Å². The number of fused-ring (bicyclic) bond motifs is 9. The van der Waals surface area contributed by atoms with Gasteiger partial charge in [-0.3, -0.25) is 0 Å². The van der Waals surface area contributed by atoms with Crippen LogP contribution in [0.5, 0.6) is 0 Å². The van der Waals surface area contributed by atoms with E-state index in [0.29, 0.717) is 91.3 Å². The SMILES string of the molecule is CCC(C)CCOC(=O)c1ccc2nc3c4nc5ccc(C)cc5nc4c4nc5ccc(C(=O)OCC(CC)CC)cc5nc4c3nc2c1. The number of nitrogens with zero attached hydrogens (tertiary/aromatic N) is 6. The van der Waals surface area contributed by atoms with Crippen LogP contribution in [0.25, 0.3) is 66.2 Å². The number of aromatic nitrogens is 6. The third-order valence-corrected chi connectivity index (χ3v) is 9.44. The molecule has 3 heterocycles. The van der Waals surface area contributed by atoms with Gasteiger partial charge in [0.2, 0.25) is 0 Å². The van der Waals surface area contributed by atoms with Gasteiger partial charge in [0, 0.05) is 0 Å². The number of hydrogen-bond acceptors (Lipinski definition) is 10. The summed E-state index contributed by atoms with van der Waals surface area (Å²) in [5.41, 5.74) is 8.58. The van der Waals surface area contributed by atoms with Gasteiger partial charge in [-0.15, -0.1) is 0 Å². The maximum Gasteiger partial charge on any atom is 0.338 e. The van der Waals surface area contributed by atoms with Crippen molar-refractivity contribution in [2.45, 2.75) is 60.3 Å². The lowest BCUT2D eigenvalue weighted by molar-refractivity contribution is 0.0432. The van der Waals surface area contributed by atoms with Gasteiger partial charge in [0.1, 0.15) is 33.1 Å². The van der Waals surface area contributed by atoms with Crippen molar-refractivity contribution in [2.75, 3.05) is 13.2 Å². The van der Waals surface area contributed by atoms with Crippen molar-refractivity contribution in [3.05, 3.63) is 71.3 Å². The summed E-state index contributed by atoms with van der Waals surface area (Å²) in [4.78, 5) is 56.1. The second kappa shape index (κ2) is 13.3. The monoisotopic (exact) mass is 654 g/mol. The van der Waals surface area contributed by atoms with E-state index < -0.39 is 11.9 Å². The number of ether oxygens (including phenoxy) is 2. The zero-order valence-corrected chi connectivity index (χ0v) is 28.4. The van der Waals surface area contributed by atoms with Crippen LogP contribution in [0, 0.1) is 18.8 Å². The zero-order valence-electron chi connectivity index (χ0n) is 28.4. The Bertz CT molecular complexity index is 2420. The predicted octanol–water partition coefficient (Wildman–Crippen LogP) is 8.47. The lowest BCUT2D eigenvalue weighted by Crippen LogP contribution is -2.13. The average molecular weight is 655 g/mol. The highest BCUT2D eigenvalue weighted by atomic mass is 16.5. The number of hydrogen-bond donors (Lipinski definition) is 0. The highest BCUT2D eigenvalue weighted by Gasteiger charge is 2.21. The molecule has 4 aromatic carbocycles. The maximum atomic E-state index is 13.0. The zero-order chi connectivity index (χ0) is 34.2. The maximum absolute atomic E-state index is 13.0. The van der Waals surface area contributed by atoms with Gasteiger partial charge < -0.3 is 9.47 Å². The van der Waals surface area contributed by atoms with E-state index in [0.717, 1.165) is 42.3 Å². The molecule has 7 rings (SSSR count).